The largest absolute Gasteiger partial charge is 0.457 e. The Balaban J connectivity index is 1.65. The molecule has 0 amide bonds. The van der Waals surface area contributed by atoms with Gasteiger partial charge in [-0.3, -0.25) is 4.72 Å². The number of hydrogen-bond acceptors (Lipinski definition) is 5. The van der Waals surface area contributed by atoms with Crippen LogP contribution in [0.1, 0.15) is 17.2 Å². The molecule has 0 fully saturated rings. The van der Waals surface area contributed by atoms with E-state index in [-0.39, 0.29) is 12.5 Å². The topological polar surface area (TPSA) is 71.0 Å². The second-order valence-electron chi connectivity index (χ2n) is 7.60. The lowest BCUT2D eigenvalue weighted by atomic mass is 10.0. The summed E-state index contributed by atoms with van der Waals surface area (Å²) in [5.74, 6) is 1.10. The van der Waals surface area contributed by atoms with Gasteiger partial charge in [-0.05, 0) is 66.2 Å². The molecule has 34 heavy (non-hydrogen) atoms. The smallest absolute Gasteiger partial charge is 0.416 e. The van der Waals surface area contributed by atoms with Gasteiger partial charge in [0, 0.05) is 10.7 Å². The maximum absolute atomic E-state index is 13.3. The lowest BCUT2D eigenvalue weighted by molar-refractivity contribution is -0.137. The lowest BCUT2D eigenvalue weighted by Gasteiger charge is -2.28. The highest BCUT2D eigenvalue weighted by Gasteiger charge is 2.35. The minimum atomic E-state index is -4.51. The van der Waals surface area contributed by atoms with Crippen LogP contribution in [0.15, 0.2) is 77.8 Å². The SMILES string of the molecule is CS(=O)(=O)NC1=NCC(c2cccc(C(F)(F)F)c2)N1c1ccc(Oc2ccc(Cl)cc2)cc1. The van der Waals surface area contributed by atoms with Crippen molar-refractivity contribution in [1.82, 2.24) is 4.72 Å². The number of benzene rings is 3. The molecule has 0 spiro atoms. The maximum Gasteiger partial charge on any atom is 0.416 e. The van der Waals surface area contributed by atoms with Gasteiger partial charge in [-0.1, -0.05) is 23.7 Å². The lowest BCUT2D eigenvalue weighted by Crippen LogP contribution is -2.42. The van der Waals surface area contributed by atoms with Crippen molar-refractivity contribution in [2.24, 2.45) is 4.99 Å². The Morgan fingerprint density at radius 1 is 1.03 bits per heavy atom. The molecule has 1 aliphatic rings. The van der Waals surface area contributed by atoms with Gasteiger partial charge >= 0.3 is 6.18 Å². The molecule has 1 atom stereocenters. The second-order valence-corrected chi connectivity index (χ2v) is 9.78. The molecule has 1 N–H and O–H groups in total. The Morgan fingerprint density at radius 2 is 1.65 bits per heavy atom. The summed E-state index contributed by atoms with van der Waals surface area (Å²) in [6.07, 6.45) is -3.52. The predicted molar refractivity (Wildman–Crippen MR) is 125 cm³/mol. The van der Waals surface area contributed by atoms with Gasteiger partial charge in [-0.25, -0.2) is 13.4 Å². The number of sulfonamides is 1. The normalized spacial score (nSPS) is 16.3. The average Bonchev–Trinajstić information content (AvgIpc) is 3.17. The molecule has 4 rings (SSSR count). The van der Waals surface area contributed by atoms with Crippen molar-refractivity contribution >= 4 is 33.3 Å². The summed E-state index contributed by atoms with van der Waals surface area (Å²) in [6.45, 7) is 0.0716. The van der Waals surface area contributed by atoms with E-state index in [2.05, 4.69) is 9.71 Å². The first-order chi connectivity index (χ1) is 16.0. The summed E-state index contributed by atoms with van der Waals surface area (Å²) in [5.41, 5.74) is 0.0878. The number of aliphatic imine (C=N–C) groups is 1. The molecule has 3 aromatic rings. The van der Waals surface area contributed by atoms with E-state index in [1.807, 2.05) is 0 Å². The highest BCUT2D eigenvalue weighted by molar-refractivity contribution is 7.89. The van der Waals surface area contributed by atoms with Crippen molar-refractivity contribution < 1.29 is 26.3 Å². The molecule has 0 saturated heterocycles. The number of halogens is 4. The number of rotatable bonds is 5. The molecule has 0 radical (unpaired) electrons. The summed E-state index contributed by atoms with van der Waals surface area (Å²) in [7, 11) is -3.68. The van der Waals surface area contributed by atoms with Crippen molar-refractivity contribution in [2.45, 2.75) is 12.2 Å². The summed E-state index contributed by atoms with van der Waals surface area (Å²) in [6, 6.07) is 17.8. The van der Waals surface area contributed by atoms with Gasteiger partial charge in [-0.2, -0.15) is 13.2 Å². The van der Waals surface area contributed by atoms with Crippen molar-refractivity contribution in [3.8, 4) is 11.5 Å². The van der Waals surface area contributed by atoms with E-state index < -0.39 is 27.8 Å². The van der Waals surface area contributed by atoms with E-state index in [1.165, 1.54) is 6.07 Å². The first-order valence-corrected chi connectivity index (χ1v) is 12.3. The van der Waals surface area contributed by atoms with Gasteiger partial charge in [0.05, 0.1) is 24.4 Å². The molecular weight excluding hydrogens is 491 g/mol. The van der Waals surface area contributed by atoms with E-state index in [4.69, 9.17) is 16.3 Å². The Hall–Kier alpha value is -3.24. The number of anilines is 1. The number of alkyl halides is 3. The molecule has 3 aromatic carbocycles. The number of ether oxygens (including phenoxy) is 1. The van der Waals surface area contributed by atoms with E-state index in [0.29, 0.717) is 27.8 Å². The Bertz CT molecular complexity index is 1310. The van der Waals surface area contributed by atoms with Gasteiger partial charge in [0.1, 0.15) is 11.5 Å². The molecule has 1 heterocycles. The molecule has 1 unspecified atom stereocenters. The number of hydrogen-bond donors (Lipinski definition) is 1. The minimum absolute atomic E-state index is 0.0243. The van der Waals surface area contributed by atoms with Crippen LogP contribution in [0.3, 0.4) is 0 Å². The molecule has 178 valence electrons. The predicted octanol–water partition coefficient (Wildman–Crippen LogP) is 5.62. The molecule has 0 bridgehead atoms. The van der Waals surface area contributed by atoms with Gasteiger partial charge in [-0.15, -0.1) is 0 Å². The second kappa shape index (κ2) is 9.19. The Morgan fingerprint density at radius 3 is 2.24 bits per heavy atom. The molecule has 11 heteroatoms. The van der Waals surface area contributed by atoms with Crippen molar-refractivity contribution in [3.63, 3.8) is 0 Å². The highest BCUT2D eigenvalue weighted by atomic mass is 35.5. The van der Waals surface area contributed by atoms with E-state index in [9.17, 15) is 21.6 Å². The van der Waals surface area contributed by atoms with E-state index >= 15 is 0 Å². The minimum Gasteiger partial charge on any atom is -0.457 e. The zero-order chi connectivity index (χ0) is 24.5. The van der Waals surface area contributed by atoms with Gasteiger partial charge in [0.15, 0.2) is 0 Å². The fourth-order valence-electron chi connectivity index (χ4n) is 3.52. The van der Waals surface area contributed by atoms with Crippen molar-refractivity contribution in [2.75, 3.05) is 17.7 Å². The van der Waals surface area contributed by atoms with Crippen molar-refractivity contribution in [1.29, 1.82) is 0 Å². The third-order valence-corrected chi connectivity index (χ3v) is 5.80. The molecule has 6 nitrogen and oxygen atoms in total. The van der Waals surface area contributed by atoms with Crippen LogP contribution in [-0.2, 0) is 16.2 Å². The molecule has 0 aromatic heterocycles. The van der Waals surface area contributed by atoms with Gasteiger partial charge in [0.2, 0.25) is 16.0 Å². The van der Waals surface area contributed by atoms with E-state index in [1.54, 1.807) is 59.5 Å². The number of nitrogens with one attached hydrogen (secondary N) is 1. The summed E-state index contributed by atoms with van der Waals surface area (Å²) < 4.78 is 71.7. The van der Waals surface area contributed by atoms with Crippen molar-refractivity contribution in [3.05, 3.63) is 88.9 Å². The molecule has 1 aliphatic heterocycles. The van der Waals surface area contributed by atoms with Crippen LogP contribution in [0.5, 0.6) is 11.5 Å². The standard InChI is InChI=1S/C23H19ClF3N3O3S/c1-34(31,32)29-22-28-14-21(15-3-2-4-16(13-15)23(25,26)27)30(22)18-7-11-20(12-8-18)33-19-9-5-17(24)6-10-19/h2-13,21H,14H2,1H3,(H,28,29). The monoisotopic (exact) mass is 509 g/mol. The quantitative estimate of drug-likeness (QED) is 0.485. The van der Waals surface area contributed by atoms with Crippen LogP contribution in [0, 0.1) is 0 Å². The molecular formula is C23H19ClF3N3O3S. The van der Waals surface area contributed by atoms with Gasteiger partial charge < -0.3 is 9.64 Å². The first kappa shape index (κ1) is 23.9. The summed E-state index contributed by atoms with van der Waals surface area (Å²) >= 11 is 5.88. The fraction of sp³-hybridized carbons (Fsp3) is 0.174. The third kappa shape index (κ3) is 5.63. The van der Waals surface area contributed by atoms with Crippen LogP contribution in [0.25, 0.3) is 0 Å². The Labute approximate surface area is 199 Å². The zero-order valence-corrected chi connectivity index (χ0v) is 19.3. The third-order valence-electron chi connectivity index (χ3n) is 4.99. The number of guanidine groups is 1. The summed E-state index contributed by atoms with van der Waals surface area (Å²) in [5, 5.41) is 0.572. The van der Waals surface area contributed by atoms with Crippen LogP contribution < -0.4 is 14.4 Å². The molecule has 0 saturated carbocycles. The van der Waals surface area contributed by atoms with Crippen LogP contribution in [-0.4, -0.2) is 27.2 Å². The average molecular weight is 510 g/mol. The van der Waals surface area contributed by atoms with E-state index in [0.717, 1.165) is 18.4 Å². The van der Waals surface area contributed by atoms with Crippen LogP contribution in [0.2, 0.25) is 5.02 Å². The van der Waals surface area contributed by atoms with Crippen LogP contribution >= 0.6 is 11.6 Å². The highest BCUT2D eigenvalue weighted by Crippen LogP contribution is 2.36. The summed E-state index contributed by atoms with van der Waals surface area (Å²) in [4.78, 5) is 5.81. The van der Waals surface area contributed by atoms with Crippen LogP contribution in [0.4, 0.5) is 18.9 Å². The number of nitrogens with zero attached hydrogens (tertiary/aromatic N) is 2. The molecule has 0 aliphatic carbocycles. The zero-order valence-electron chi connectivity index (χ0n) is 17.8. The fourth-order valence-corrected chi connectivity index (χ4v) is 4.14. The maximum atomic E-state index is 13.3. The van der Waals surface area contributed by atoms with Gasteiger partial charge in [0.25, 0.3) is 0 Å². The first-order valence-electron chi connectivity index (χ1n) is 10.0. The Kier molecular flexibility index (Phi) is 6.46.